The number of sulfonamides is 1. The molecule has 40 heavy (non-hydrogen) atoms. The number of benzene rings is 2. The van der Waals surface area contributed by atoms with Crippen molar-refractivity contribution in [3.05, 3.63) is 78.8 Å². The fourth-order valence-electron chi connectivity index (χ4n) is 3.77. The molecule has 0 aliphatic carbocycles. The maximum absolute atomic E-state index is 12.9. The Balaban J connectivity index is 1.29. The van der Waals surface area contributed by atoms with Gasteiger partial charge in [-0.15, -0.1) is 0 Å². The first-order valence-corrected chi connectivity index (χ1v) is 14.1. The first-order valence-electron chi connectivity index (χ1n) is 12.2. The summed E-state index contributed by atoms with van der Waals surface area (Å²) in [6.45, 7) is 6.14. The van der Waals surface area contributed by atoms with Gasteiger partial charge < -0.3 is 14.6 Å². The zero-order chi connectivity index (χ0) is 28.5. The van der Waals surface area contributed by atoms with Crippen LogP contribution in [0.5, 0.6) is 11.5 Å². The topological polar surface area (TPSA) is 153 Å². The van der Waals surface area contributed by atoms with Gasteiger partial charge >= 0.3 is 6.03 Å². The van der Waals surface area contributed by atoms with Crippen molar-refractivity contribution in [2.24, 2.45) is 0 Å². The monoisotopic (exact) mass is 561 g/mol. The number of carbonyl (C=O) groups excluding carboxylic acids is 1. The fraction of sp³-hybridized carbons (Fsp3) is 0.185. The number of carbonyl (C=O) groups is 1. The molecule has 3 heterocycles. The van der Waals surface area contributed by atoms with Crippen molar-refractivity contribution >= 4 is 44.3 Å². The molecule has 3 N–H and O–H groups in total. The van der Waals surface area contributed by atoms with Gasteiger partial charge in [0, 0.05) is 34.8 Å². The average molecular weight is 562 g/mol. The Labute approximate surface area is 230 Å². The van der Waals surface area contributed by atoms with Crippen molar-refractivity contribution in [3.63, 3.8) is 0 Å². The Morgan fingerprint density at radius 2 is 1.75 bits per heavy atom. The summed E-state index contributed by atoms with van der Waals surface area (Å²) in [4.78, 5) is 16.9. The lowest BCUT2D eigenvalue weighted by molar-refractivity contribution is 0.262. The molecule has 3 aromatic heterocycles. The second kappa shape index (κ2) is 10.3. The number of aromatic nitrogens is 4. The number of anilines is 3. The van der Waals surface area contributed by atoms with Gasteiger partial charge in [0.25, 0.3) is 0 Å². The molecule has 0 unspecified atom stereocenters. The van der Waals surface area contributed by atoms with E-state index in [0.29, 0.717) is 28.6 Å². The number of hydrogen-bond donors (Lipinski definition) is 3. The maximum atomic E-state index is 12.9. The van der Waals surface area contributed by atoms with Crippen molar-refractivity contribution < 1.29 is 22.5 Å². The third-order valence-electron chi connectivity index (χ3n) is 5.67. The lowest BCUT2D eigenvalue weighted by Crippen LogP contribution is -2.21. The minimum Gasteiger partial charge on any atom is -0.457 e. The molecule has 12 nitrogen and oxygen atoms in total. The molecule has 0 saturated heterocycles. The van der Waals surface area contributed by atoms with Gasteiger partial charge in [0.2, 0.25) is 10.0 Å². The Morgan fingerprint density at radius 1 is 0.975 bits per heavy atom. The van der Waals surface area contributed by atoms with Crippen molar-refractivity contribution in [3.8, 4) is 17.2 Å². The number of nitrogens with zero attached hydrogens (tertiary/aromatic N) is 4. The van der Waals surface area contributed by atoms with Crippen molar-refractivity contribution in [2.45, 2.75) is 26.2 Å². The summed E-state index contributed by atoms with van der Waals surface area (Å²) in [5.74, 6) is 1.52. The molecule has 5 aromatic rings. The van der Waals surface area contributed by atoms with Crippen molar-refractivity contribution in [1.29, 1.82) is 0 Å². The Bertz CT molecular complexity index is 1790. The Morgan fingerprint density at radius 3 is 2.48 bits per heavy atom. The van der Waals surface area contributed by atoms with E-state index < -0.39 is 16.1 Å². The maximum Gasteiger partial charge on any atom is 0.324 e. The number of urea groups is 1. The van der Waals surface area contributed by atoms with Crippen LogP contribution in [0.25, 0.3) is 16.7 Å². The second-order valence-corrected chi connectivity index (χ2v) is 11.8. The fourth-order valence-corrected chi connectivity index (χ4v) is 4.26. The SMILES string of the molecule is CC(C)(C)c1cc(NC(=O)Nc2ccc(Oc3ccnc(NS(C)(=O)=O)c3)cc2)n(-c2ccc3oncc3c2)n1. The van der Waals surface area contributed by atoms with E-state index in [4.69, 9.17) is 14.4 Å². The van der Waals surface area contributed by atoms with E-state index in [1.807, 2.05) is 39.0 Å². The largest absolute Gasteiger partial charge is 0.457 e. The molecular formula is C27H27N7O5S. The molecule has 0 bridgehead atoms. The van der Waals surface area contributed by atoms with Crippen LogP contribution in [0.4, 0.5) is 22.1 Å². The highest BCUT2D eigenvalue weighted by Crippen LogP contribution is 2.28. The number of nitrogens with one attached hydrogen (secondary N) is 3. The van der Waals surface area contributed by atoms with Crippen LogP contribution in [0.1, 0.15) is 26.5 Å². The van der Waals surface area contributed by atoms with Crippen LogP contribution in [0.3, 0.4) is 0 Å². The predicted octanol–water partition coefficient (Wildman–Crippen LogP) is 5.51. The van der Waals surface area contributed by atoms with Crippen LogP contribution in [0.15, 0.2) is 77.6 Å². The molecule has 0 fully saturated rings. The van der Waals surface area contributed by atoms with Gasteiger partial charge in [-0.3, -0.25) is 10.0 Å². The minimum absolute atomic E-state index is 0.144. The zero-order valence-corrected chi connectivity index (χ0v) is 23.0. The standard InChI is InChI=1S/C27H27N7O5S/c1-27(2,3)23-15-25(34(32-23)19-7-10-22-17(13-19)16-29-39-22)31-26(35)30-18-5-8-20(9-6-18)38-21-11-12-28-24(14-21)33-40(4,36)37/h5-16H,1-4H3,(H,28,33)(H2,30,31,35). The average Bonchev–Trinajstić information content (AvgIpc) is 3.51. The van der Waals surface area contributed by atoms with Gasteiger partial charge in [-0.25, -0.2) is 22.9 Å². The lowest BCUT2D eigenvalue weighted by atomic mass is 9.92. The van der Waals surface area contributed by atoms with Gasteiger partial charge in [-0.1, -0.05) is 25.9 Å². The molecular weight excluding hydrogens is 534 g/mol. The third-order valence-corrected chi connectivity index (χ3v) is 6.25. The van der Waals surface area contributed by atoms with E-state index in [2.05, 4.69) is 25.5 Å². The van der Waals surface area contributed by atoms with Gasteiger partial charge in [-0.05, 0) is 48.5 Å². The summed E-state index contributed by atoms with van der Waals surface area (Å²) in [6, 6.07) is 16.7. The van der Waals surface area contributed by atoms with E-state index in [1.54, 1.807) is 47.3 Å². The van der Waals surface area contributed by atoms with E-state index in [1.165, 1.54) is 12.3 Å². The van der Waals surface area contributed by atoms with Gasteiger partial charge in [0.1, 0.15) is 23.1 Å². The number of fused-ring (bicyclic) bond motifs is 1. The van der Waals surface area contributed by atoms with Crippen molar-refractivity contribution in [2.75, 3.05) is 21.6 Å². The van der Waals surface area contributed by atoms with E-state index in [0.717, 1.165) is 23.0 Å². The van der Waals surface area contributed by atoms with Gasteiger partial charge in [0.15, 0.2) is 5.58 Å². The minimum atomic E-state index is -3.46. The van der Waals surface area contributed by atoms with E-state index in [9.17, 15) is 13.2 Å². The molecule has 2 aromatic carbocycles. The Kier molecular flexibility index (Phi) is 6.90. The van der Waals surface area contributed by atoms with Crippen LogP contribution in [0, 0.1) is 0 Å². The number of hydrogen-bond acceptors (Lipinski definition) is 8. The van der Waals surface area contributed by atoms with E-state index >= 15 is 0 Å². The highest BCUT2D eigenvalue weighted by Gasteiger charge is 2.22. The summed E-state index contributed by atoms with van der Waals surface area (Å²) < 4.78 is 37.8. The summed E-state index contributed by atoms with van der Waals surface area (Å²) in [7, 11) is -3.46. The van der Waals surface area contributed by atoms with Gasteiger partial charge in [0.05, 0.1) is 23.8 Å². The number of pyridine rings is 1. The second-order valence-electron chi connectivity index (χ2n) is 10.1. The molecule has 0 aliphatic rings. The molecule has 0 radical (unpaired) electrons. The summed E-state index contributed by atoms with van der Waals surface area (Å²) in [6.07, 6.45) is 4.10. The zero-order valence-electron chi connectivity index (χ0n) is 22.2. The molecule has 2 amide bonds. The summed E-state index contributed by atoms with van der Waals surface area (Å²) in [5, 5.41) is 15.1. The molecule has 0 spiro atoms. The van der Waals surface area contributed by atoms with Crippen LogP contribution in [-0.2, 0) is 15.4 Å². The first kappa shape index (κ1) is 26.7. The highest BCUT2D eigenvalue weighted by atomic mass is 32.2. The van der Waals surface area contributed by atoms with Crippen LogP contribution < -0.4 is 20.1 Å². The quantitative estimate of drug-likeness (QED) is 0.235. The van der Waals surface area contributed by atoms with Crippen LogP contribution in [0.2, 0.25) is 0 Å². The third kappa shape index (κ3) is 6.38. The molecule has 13 heteroatoms. The molecule has 0 atom stereocenters. The molecule has 0 saturated carbocycles. The highest BCUT2D eigenvalue weighted by molar-refractivity contribution is 7.92. The normalized spacial score (nSPS) is 11.8. The smallest absolute Gasteiger partial charge is 0.324 e. The number of amides is 2. The number of rotatable bonds is 7. The van der Waals surface area contributed by atoms with Gasteiger partial charge in [-0.2, -0.15) is 5.10 Å². The first-order chi connectivity index (χ1) is 18.9. The van der Waals surface area contributed by atoms with Crippen LogP contribution in [-0.4, -0.2) is 40.6 Å². The molecule has 5 rings (SSSR count). The Hall–Kier alpha value is -4.91. The lowest BCUT2D eigenvalue weighted by Gasteiger charge is -2.14. The molecule has 206 valence electrons. The van der Waals surface area contributed by atoms with Crippen molar-refractivity contribution in [1.82, 2.24) is 19.9 Å². The molecule has 0 aliphatic heterocycles. The summed E-state index contributed by atoms with van der Waals surface area (Å²) >= 11 is 0. The number of ether oxygens (including phenoxy) is 1. The summed E-state index contributed by atoms with van der Waals surface area (Å²) in [5.41, 5.74) is 2.49. The predicted molar refractivity (Wildman–Crippen MR) is 152 cm³/mol. The van der Waals surface area contributed by atoms with Crippen LogP contribution >= 0.6 is 0 Å². The van der Waals surface area contributed by atoms with E-state index in [-0.39, 0.29) is 11.2 Å².